The maximum absolute atomic E-state index is 13.3. The van der Waals surface area contributed by atoms with Crippen LogP contribution < -0.4 is 5.73 Å². The van der Waals surface area contributed by atoms with Crippen molar-refractivity contribution in [2.45, 2.75) is 18.4 Å². The first-order valence-corrected chi connectivity index (χ1v) is 7.21. The second-order valence-corrected chi connectivity index (χ2v) is 5.96. The SMILES string of the molecule is NC(c1cc(F)ccc1Br)C1CC1c1ccccc1. The molecule has 0 heterocycles. The van der Waals surface area contributed by atoms with Crippen molar-refractivity contribution >= 4 is 15.9 Å². The zero-order valence-corrected chi connectivity index (χ0v) is 12.0. The fourth-order valence-electron chi connectivity index (χ4n) is 2.70. The van der Waals surface area contributed by atoms with Crippen molar-refractivity contribution < 1.29 is 4.39 Å². The van der Waals surface area contributed by atoms with E-state index in [0.29, 0.717) is 11.8 Å². The van der Waals surface area contributed by atoms with Crippen molar-refractivity contribution in [1.29, 1.82) is 0 Å². The normalized spacial score (nSPS) is 23.1. The van der Waals surface area contributed by atoms with E-state index in [0.717, 1.165) is 16.5 Å². The molecule has 3 unspecified atom stereocenters. The van der Waals surface area contributed by atoms with Crippen LogP contribution in [0, 0.1) is 11.7 Å². The topological polar surface area (TPSA) is 26.0 Å². The van der Waals surface area contributed by atoms with Gasteiger partial charge in [0.1, 0.15) is 5.82 Å². The molecule has 98 valence electrons. The lowest BCUT2D eigenvalue weighted by Crippen LogP contribution is -2.14. The molecule has 0 spiro atoms. The predicted molar refractivity (Wildman–Crippen MR) is 78.3 cm³/mol. The van der Waals surface area contributed by atoms with E-state index in [1.165, 1.54) is 17.7 Å². The molecule has 1 aliphatic rings. The Labute approximate surface area is 120 Å². The Bertz CT molecular complexity index is 585. The van der Waals surface area contributed by atoms with E-state index in [1.807, 2.05) is 18.2 Å². The first-order chi connectivity index (χ1) is 9.16. The first-order valence-electron chi connectivity index (χ1n) is 6.42. The van der Waals surface area contributed by atoms with Gasteiger partial charge in [-0.3, -0.25) is 0 Å². The number of benzene rings is 2. The predicted octanol–water partition coefficient (Wildman–Crippen LogP) is 4.39. The van der Waals surface area contributed by atoms with Gasteiger partial charge in [0.05, 0.1) is 0 Å². The van der Waals surface area contributed by atoms with Gasteiger partial charge >= 0.3 is 0 Å². The first kappa shape index (κ1) is 12.8. The molecular formula is C16H15BrFN. The average molecular weight is 320 g/mol. The second kappa shape index (κ2) is 5.06. The Morgan fingerprint density at radius 1 is 1.16 bits per heavy atom. The molecule has 2 aromatic rings. The lowest BCUT2D eigenvalue weighted by atomic mass is 9.99. The summed E-state index contributed by atoms with van der Waals surface area (Å²) in [5, 5.41) is 0. The standard InChI is InChI=1S/C16H15BrFN/c17-15-7-6-11(18)8-14(15)16(19)13-9-12(13)10-4-2-1-3-5-10/h1-8,12-13,16H,9,19H2. The highest BCUT2D eigenvalue weighted by atomic mass is 79.9. The Balaban J connectivity index is 1.80. The summed E-state index contributed by atoms with van der Waals surface area (Å²) in [5.74, 6) is 0.678. The summed E-state index contributed by atoms with van der Waals surface area (Å²) < 4.78 is 14.2. The average Bonchev–Trinajstić information content (AvgIpc) is 3.22. The molecule has 3 atom stereocenters. The van der Waals surface area contributed by atoms with E-state index >= 15 is 0 Å². The highest BCUT2D eigenvalue weighted by Crippen LogP contribution is 2.53. The number of hydrogen-bond acceptors (Lipinski definition) is 1. The van der Waals surface area contributed by atoms with Crippen molar-refractivity contribution in [1.82, 2.24) is 0 Å². The number of hydrogen-bond donors (Lipinski definition) is 1. The van der Waals surface area contributed by atoms with E-state index in [9.17, 15) is 4.39 Å². The molecule has 0 amide bonds. The Kier molecular flexibility index (Phi) is 3.42. The molecule has 1 aliphatic carbocycles. The van der Waals surface area contributed by atoms with Crippen LogP contribution in [0.5, 0.6) is 0 Å². The lowest BCUT2D eigenvalue weighted by Gasteiger charge is -2.14. The number of nitrogens with two attached hydrogens (primary N) is 1. The smallest absolute Gasteiger partial charge is 0.123 e. The fraction of sp³-hybridized carbons (Fsp3) is 0.250. The highest BCUT2D eigenvalue weighted by Gasteiger charge is 2.43. The van der Waals surface area contributed by atoms with Crippen LogP contribution in [0.2, 0.25) is 0 Å². The van der Waals surface area contributed by atoms with Crippen molar-refractivity contribution in [2.24, 2.45) is 11.7 Å². The van der Waals surface area contributed by atoms with E-state index in [1.54, 1.807) is 6.07 Å². The Hall–Kier alpha value is -1.19. The molecule has 19 heavy (non-hydrogen) atoms. The third-order valence-electron chi connectivity index (χ3n) is 3.85. The van der Waals surface area contributed by atoms with Gasteiger partial charge < -0.3 is 5.73 Å². The largest absolute Gasteiger partial charge is 0.324 e. The van der Waals surface area contributed by atoms with Crippen LogP contribution in [0.25, 0.3) is 0 Å². The van der Waals surface area contributed by atoms with E-state index in [2.05, 4.69) is 28.1 Å². The van der Waals surface area contributed by atoms with Crippen LogP contribution in [0.4, 0.5) is 4.39 Å². The Morgan fingerprint density at radius 3 is 2.63 bits per heavy atom. The maximum atomic E-state index is 13.3. The summed E-state index contributed by atoms with van der Waals surface area (Å²) in [6.07, 6.45) is 1.08. The molecule has 0 bridgehead atoms. The molecule has 2 N–H and O–H groups in total. The Morgan fingerprint density at radius 2 is 1.89 bits per heavy atom. The molecule has 1 nitrogen and oxygen atoms in total. The number of halogens is 2. The van der Waals surface area contributed by atoms with Gasteiger partial charge in [-0.2, -0.15) is 0 Å². The van der Waals surface area contributed by atoms with Crippen molar-refractivity contribution in [3.05, 3.63) is 69.9 Å². The fourth-order valence-corrected chi connectivity index (χ4v) is 3.21. The van der Waals surface area contributed by atoms with E-state index in [-0.39, 0.29) is 11.9 Å². The zero-order valence-electron chi connectivity index (χ0n) is 10.4. The third-order valence-corrected chi connectivity index (χ3v) is 4.57. The van der Waals surface area contributed by atoms with Crippen LogP contribution in [0.1, 0.15) is 29.5 Å². The van der Waals surface area contributed by atoms with E-state index < -0.39 is 0 Å². The maximum Gasteiger partial charge on any atom is 0.123 e. The summed E-state index contributed by atoms with van der Waals surface area (Å²) in [7, 11) is 0. The minimum Gasteiger partial charge on any atom is -0.324 e. The van der Waals surface area contributed by atoms with Crippen LogP contribution in [0.15, 0.2) is 53.0 Å². The summed E-state index contributed by atoms with van der Waals surface area (Å²) in [4.78, 5) is 0. The minimum atomic E-state index is -0.231. The van der Waals surface area contributed by atoms with E-state index in [4.69, 9.17) is 5.73 Å². The summed E-state index contributed by atoms with van der Waals surface area (Å²) in [6.45, 7) is 0. The molecular weight excluding hydrogens is 305 g/mol. The van der Waals surface area contributed by atoms with Gasteiger partial charge in [-0.25, -0.2) is 4.39 Å². The molecule has 0 aliphatic heterocycles. The molecule has 0 aromatic heterocycles. The number of rotatable bonds is 3. The van der Waals surface area contributed by atoms with Crippen molar-refractivity contribution in [3.63, 3.8) is 0 Å². The highest BCUT2D eigenvalue weighted by molar-refractivity contribution is 9.10. The monoisotopic (exact) mass is 319 g/mol. The van der Waals surface area contributed by atoms with Gasteiger partial charge in [-0.05, 0) is 47.6 Å². The zero-order chi connectivity index (χ0) is 13.4. The molecule has 3 heteroatoms. The second-order valence-electron chi connectivity index (χ2n) is 5.11. The van der Waals surface area contributed by atoms with Crippen LogP contribution in [-0.4, -0.2) is 0 Å². The minimum absolute atomic E-state index is 0.115. The van der Waals surface area contributed by atoms with Gasteiger partial charge in [-0.15, -0.1) is 0 Å². The van der Waals surface area contributed by atoms with Crippen molar-refractivity contribution in [2.75, 3.05) is 0 Å². The van der Waals surface area contributed by atoms with Crippen LogP contribution in [0.3, 0.4) is 0 Å². The van der Waals surface area contributed by atoms with Crippen LogP contribution in [-0.2, 0) is 0 Å². The van der Waals surface area contributed by atoms with Gasteiger partial charge in [0.25, 0.3) is 0 Å². The van der Waals surface area contributed by atoms with Gasteiger partial charge in [0.2, 0.25) is 0 Å². The third kappa shape index (κ3) is 2.58. The van der Waals surface area contributed by atoms with Gasteiger partial charge in [0.15, 0.2) is 0 Å². The summed E-state index contributed by atoms with van der Waals surface area (Å²) >= 11 is 3.46. The van der Waals surface area contributed by atoms with Gasteiger partial charge in [-0.1, -0.05) is 46.3 Å². The molecule has 2 aromatic carbocycles. The lowest BCUT2D eigenvalue weighted by molar-refractivity contribution is 0.591. The summed E-state index contributed by atoms with van der Waals surface area (Å²) in [6, 6.07) is 15.0. The van der Waals surface area contributed by atoms with Crippen molar-refractivity contribution in [3.8, 4) is 0 Å². The molecule has 3 rings (SSSR count). The quantitative estimate of drug-likeness (QED) is 0.892. The molecule has 1 fully saturated rings. The van der Waals surface area contributed by atoms with Crippen LogP contribution >= 0.6 is 15.9 Å². The molecule has 0 saturated heterocycles. The summed E-state index contributed by atoms with van der Waals surface area (Å²) in [5.41, 5.74) is 8.49. The molecule has 0 radical (unpaired) electrons. The van der Waals surface area contributed by atoms with Gasteiger partial charge in [0, 0.05) is 10.5 Å². The molecule has 1 saturated carbocycles.